The Hall–Kier alpha value is -3.16. The average molecular weight is 479 g/mol. The largest absolute Gasteiger partial charge is 0.493 e. The van der Waals surface area contributed by atoms with Crippen molar-refractivity contribution in [3.8, 4) is 11.5 Å². The smallest absolute Gasteiger partial charge is 0.309 e. The molecule has 2 rings (SSSR count). The minimum atomic E-state index is -0.889. The lowest BCUT2D eigenvalue weighted by atomic mass is 9.85. The van der Waals surface area contributed by atoms with Gasteiger partial charge in [0, 0.05) is 11.1 Å². The number of esters is 2. The number of hydrogen-bond donors (Lipinski definition) is 0. The lowest BCUT2D eigenvalue weighted by Gasteiger charge is -2.28. The third-order valence-electron chi connectivity index (χ3n) is 5.14. The van der Waals surface area contributed by atoms with Crippen LogP contribution in [-0.2, 0) is 19.1 Å². The van der Waals surface area contributed by atoms with Crippen molar-refractivity contribution in [3.63, 3.8) is 0 Å². The van der Waals surface area contributed by atoms with Crippen LogP contribution < -0.4 is 9.47 Å². The van der Waals surface area contributed by atoms with Crippen LogP contribution >= 0.6 is 0 Å². The number of ether oxygens (including phenoxy) is 4. The number of methoxy groups -OCH3 is 2. The van der Waals surface area contributed by atoms with Gasteiger partial charge in [0.15, 0.2) is 23.1 Å². The molecule has 2 aromatic carbocycles. The van der Waals surface area contributed by atoms with Crippen molar-refractivity contribution in [1.82, 2.24) is 0 Å². The number of carbonyl (C=O) groups excluding carboxylic acids is 2. The highest BCUT2D eigenvalue weighted by molar-refractivity contribution is 5.80. The van der Waals surface area contributed by atoms with Gasteiger partial charge in [-0.1, -0.05) is 31.2 Å². The van der Waals surface area contributed by atoms with Crippen LogP contribution in [-0.4, -0.2) is 37.9 Å². The van der Waals surface area contributed by atoms with Crippen molar-refractivity contribution in [3.05, 3.63) is 59.2 Å². The molecule has 6 nitrogen and oxygen atoms in total. The van der Waals surface area contributed by atoms with Crippen LogP contribution in [0, 0.1) is 17.6 Å². The van der Waals surface area contributed by atoms with Gasteiger partial charge in [0.1, 0.15) is 11.7 Å². The second kappa shape index (κ2) is 11.3. The van der Waals surface area contributed by atoms with Gasteiger partial charge in [-0.25, -0.2) is 8.78 Å². The van der Waals surface area contributed by atoms with Gasteiger partial charge in [0.2, 0.25) is 0 Å². The Morgan fingerprint density at radius 2 is 1.35 bits per heavy atom. The van der Waals surface area contributed by atoms with Gasteiger partial charge >= 0.3 is 11.9 Å². The van der Waals surface area contributed by atoms with E-state index in [0.29, 0.717) is 11.1 Å². The summed E-state index contributed by atoms with van der Waals surface area (Å²) in [6.45, 7) is 8.37. The predicted octanol–water partition coefficient (Wildman–Crippen LogP) is 5.41. The van der Waals surface area contributed by atoms with Crippen molar-refractivity contribution >= 4 is 11.9 Å². The molecule has 0 saturated heterocycles. The molecule has 0 bridgehead atoms. The van der Waals surface area contributed by atoms with E-state index in [0.717, 1.165) is 0 Å². The standard InChI is InChI=1S/C26H32F2O6/c1-15(14-21(29)34-26(3,4)5)25(30)33-16(2)22(17-10-8-12-19(27)23(17)31-6)18-11-9-13-20(28)24(18)32-7/h8-13,15-16,22H,14H2,1-7H3/t15-,16?/m1/s1. The van der Waals surface area contributed by atoms with E-state index in [1.54, 1.807) is 46.8 Å². The zero-order chi connectivity index (χ0) is 25.6. The number of rotatable bonds is 9. The Morgan fingerprint density at radius 1 is 0.882 bits per heavy atom. The lowest BCUT2D eigenvalue weighted by molar-refractivity contribution is -0.163. The summed E-state index contributed by atoms with van der Waals surface area (Å²) >= 11 is 0. The molecular weight excluding hydrogens is 446 g/mol. The van der Waals surface area contributed by atoms with Gasteiger partial charge in [0.25, 0.3) is 0 Å². The Labute approximate surface area is 199 Å². The fraction of sp³-hybridized carbons (Fsp3) is 0.462. The molecule has 0 aliphatic heterocycles. The summed E-state index contributed by atoms with van der Waals surface area (Å²) in [6.07, 6.45) is -1.06. The van der Waals surface area contributed by atoms with Gasteiger partial charge in [-0.05, 0) is 39.8 Å². The molecule has 0 spiro atoms. The molecule has 2 atom stereocenters. The Balaban J connectivity index is 2.41. The van der Waals surface area contributed by atoms with Crippen molar-refractivity contribution in [2.24, 2.45) is 5.92 Å². The third-order valence-corrected chi connectivity index (χ3v) is 5.14. The van der Waals surface area contributed by atoms with E-state index in [2.05, 4.69) is 0 Å². The molecule has 0 N–H and O–H groups in total. The van der Waals surface area contributed by atoms with E-state index >= 15 is 0 Å². The van der Waals surface area contributed by atoms with Crippen LogP contribution in [0.3, 0.4) is 0 Å². The molecule has 0 aromatic heterocycles. The summed E-state index contributed by atoms with van der Waals surface area (Å²) in [5, 5.41) is 0. The van der Waals surface area contributed by atoms with Gasteiger partial charge in [-0.3, -0.25) is 9.59 Å². The number of carbonyl (C=O) groups is 2. The molecule has 34 heavy (non-hydrogen) atoms. The number of hydrogen-bond acceptors (Lipinski definition) is 6. The molecule has 0 heterocycles. The zero-order valence-electron chi connectivity index (χ0n) is 20.6. The van der Waals surface area contributed by atoms with Gasteiger partial charge in [-0.2, -0.15) is 0 Å². The van der Waals surface area contributed by atoms with E-state index in [4.69, 9.17) is 18.9 Å². The first-order chi connectivity index (χ1) is 15.9. The molecule has 186 valence electrons. The van der Waals surface area contributed by atoms with E-state index in [9.17, 15) is 18.4 Å². The van der Waals surface area contributed by atoms with Crippen LogP contribution in [0.1, 0.15) is 58.1 Å². The molecule has 1 unspecified atom stereocenters. The third kappa shape index (κ3) is 6.68. The van der Waals surface area contributed by atoms with Crippen molar-refractivity contribution < 1.29 is 37.3 Å². The van der Waals surface area contributed by atoms with Crippen LogP contribution in [0.4, 0.5) is 8.78 Å². The summed E-state index contributed by atoms with van der Waals surface area (Å²) in [6, 6.07) is 8.69. The fourth-order valence-electron chi connectivity index (χ4n) is 3.73. The summed E-state index contributed by atoms with van der Waals surface area (Å²) in [5.41, 5.74) is 0.0269. The molecule has 0 fully saturated rings. The van der Waals surface area contributed by atoms with Gasteiger partial charge in [0.05, 0.1) is 32.5 Å². The maximum Gasteiger partial charge on any atom is 0.309 e. The maximum atomic E-state index is 14.5. The van der Waals surface area contributed by atoms with Crippen molar-refractivity contribution in [1.29, 1.82) is 0 Å². The lowest BCUT2D eigenvalue weighted by Crippen LogP contribution is -2.30. The second-order valence-electron chi connectivity index (χ2n) is 9.04. The van der Waals surface area contributed by atoms with Crippen molar-refractivity contribution in [2.75, 3.05) is 14.2 Å². The minimum absolute atomic E-state index is 0.0523. The normalized spacial score (nSPS) is 13.2. The Bertz CT molecular complexity index is 961. The predicted molar refractivity (Wildman–Crippen MR) is 123 cm³/mol. The van der Waals surface area contributed by atoms with Crippen LogP contribution in [0.5, 0.6) is 11.5 Å². The molecule has 8 heteroatoms. The molecule has 0 saturated carbocycles. The monoisotopic (exact) mass is 478 g/mol. The summed E-state index contributed by atoms with van der Waals surface area (Å²) in [7, 11) is 2.64. The van der Waals surface area contributed by atoms with Crippen LogP contribution in [0.25, 0.3) is 0 Å². The highest BCUT2D eigenvalue weighted by Crippen LogP contribution is 2.41. The first kappa shape index (κ1) is 27.1. The summed E-state index contributed by atoms with van der Waals surface area (Å²) in [4.78, 5) is 25.0. The number of benzene rings is 2. The topological polar surface area (TPSA) is 71.1 Å². The van der Waals surface area contributed by atoms with Crippen molar-refractivity contribution in [2.45, 2.75) is 58.7 Å². The quantitative estimate of drug-likeness (QED) is 0.449. The molecular formula is C26H32F2O6. The van der Waals surface area contributed by atoms with E-state index in [1.165, 1.54) is 38.5 Å². The minimum Gasteiger partial charge on any atom is -0.493 e. The Morgan fingerprint density at radius 3 is 1.76 bits per heavy atom. The van der Waals surface area contributed by atoms with Crippen LogP contribution in [0.15, 0.2) is 36.4 Å². The van der Waals surface area contributed by atoms with E-state index in [-0.39, 0.29) is 17.9 Å². The molecule has 2 aromatic rings. The summed E-state index contributed by atoms with van der Waals surface area (Å²) in [5.74, 6) is -4.12. The first-order valence-electron chi connectivity index (χ1n) is 11.0. The average Bonchev–Trinajstić information content (AvgIpc) is 2.72. The summed E-state index contributed by atoms with van der Waals surface area (Å²) < 4.78 is 50.6. The first-order valence-corrected chi connectivity index (χ1v) is 11.0. The number of halogens is 2. The fourth-order valence-corrected chi connectivity index (χ4v) is 3.73. The van der Waals surface area contributed by atoms with Gasteiger partial charge in [-0.15, -0.1) is 0 Å². The van der Waals surface area contributed by atoms with Gasteiger partial charge < -0.3 is 18.9 Å². The maximum absolute atomic E-state index is 14.5. The van der Waals surface area contributed by atoms with E-state index in [1.807, 2.05) is 0 Å². The zero-order valence-corrected chi connectivity index (χ0v) is 20.6. The second-order valence-corrected chi connectivity index (χ2v) is 9.04. The number of para-hydroxylation sites is 2. The highest BCUT2D eigenvalue weighted by Gasteiger charge is 2.33. The molecule has 0 aliphatic carbocycles. The highest BCUT2D eigenvalue weighted by atomic mass is 19.1. The molecule has 0 amide bonds. The Kier molecular flexibility index (Phi) is 9.01. The van der Waals surface area contributed by atoms with E-state index < -0.39 is 47.1 Å². The SMILES string of the molecule is COc1c(F)cccc1C(c1cccc(F)c1OC)C(C)OC(=O)[C@H](C)CC(=O)OC(C)(C)C. The van der Waals surface area contributed by atoms with Crippen LogP contribution in [0.2, 0.25) is 0 Å². The molecule has 0 radical (unpaired) electrons. The molecule has 0 aliphatic rings.